The molecular formula is C16H29BO2. The molecule has 0 unspecified atom stereocenters. The molecule has 1 heterocycles. The van der Waals surface area contributed by atoms with Gasteiger partial charge in [0.25, 0.3) is 0 Å². The van der Waals surface area contributed by atoms with Crippen LogP contribution in [-0.4, -0.2) is 18.3 Å². The summed E-state index contributed by atoms with van der Waals surface area (Å²) < 4.78 is 12.5. The molecule has 0 amide bonds. The highest BCUT2D eigenvalue weighted by molar-refractivity contribution is 6.47. The van der Waals surface area contributed by atoms with Gasteiger partial charge in [0.1, 0.15) is 0 Å². The average molecular weight is 264 g/mol. The van der Waals surface area contributed by atoms with E-state index in [1.807, 2.05) is 0 Å². The Morgan fingerprint density at radius 2 is 1.37 bits per heavy atom. The van der Waals surface area contributed by atoms with Gasteiger partial charge in [-0.05, 0) is 51.8 Å². The predicted octanol–water partition coefficient (Wildman–Crippen LogP) is 4.44. The fourth-order valence-corrected chi connectivity index (χ4v) is 4.24. The molecule has 19 heavy (non-hydrogen) atoms. The van der Waals surface area contributed by atoms with Gasteiger partial charge in [0.05, 0.1) is 11.2 Å². The standard InChI is InChI=1S/C16H29BO2/c1-15(2)16(3,4)19-17(18-15)14-10-9-12-7-5-6-8-13(12)11-14/h12-14H,5-11H2,1-4H3/t12-,13+,14+/m0/s1. The topological polar surface area (TPSA) is 18.5 Å². The maximum atomic E-state index is 6.26. The first-order chi connectivity index (χ1) is 8.89. The van der Waals surface area contributed by atoms with Crippen LogP contribution in [-0.2, 0) is 9.31 Å². The van der Waals surface area contributed by atoms with E-state index in [2.05, 4.69) is 27.7 Å². The van der Waals surface area contributed by atoms with Crippen LogP contribution in [0.1, 0.15) is 72.6 Å². The molecule has 3 atom stereocenters. The maximum absolute atomic E-state index is 6.26. The molecule has 1 aliphatic heterocycles. The van der Waals surface area contributed by atoms with E-state index in [1.54, 1.807) is 0 Å². The zero-order chi connectivity index (χ0) is 13.7. The lowest BCUT2D eigenvalue weighted by atomic mass is 9.57. The number of fused-ring (bicyclic) bond motifs is 1. The minimum absolute atomic E-state index is 0.0351. The van der Waals surface area contributed by atoms with Crippen LogP contribution in [0.5, 0.6) is 0 Å². The van der Waals surface area contributed by atoms with Crippen LogP contribution >= 0.6 is 0 Å². The van der Waals surface area contributed by atoms with Crippen molar-refractivity contribution in [3.8, 4) is 0 Å². The summed E-state index contributed by atoms with van der Waals surface area (Å²) in [5.74, 6) is 2.58. The molecule has 3 aliphatic rings. The molecule has 1 saturated heterocycles. The highest BCUT2D eigenvalue weighted by Crippen LogP contribution is 2.49. The second kappa shape index (κ2) is 4.77. The van der Waals surface area contributed by atoms with Crippen molar-refractivity contribution in [2.75, 3.05) is 0 Å². The lowest BCUT2D eigenvalue weighted by Gasteiger charge is -2.39. The fraction of sp³-hybridized carbons (Fsp3) is 1.00. The first-order valence-corrected chi connectivity index (χ1v) is 8.25. The van der Waals surface area contributed by atoms with E-state index >= 15 is 0 Å². The Balaban J connectivity index is 1.65. The number of rotatable bonds is 1. The summed E-state index contributed by atoms with van der Waals surface area (Å²) in [6, 6.07) is 0. The monoisotopic (exact) mass is 264 g/mol. The third-order valence-corrected chi connectivity index (χ3v) is 6.24. The van der Waals surface area contributed by atoms with Gasteiger partial charge in [0.15, 0.2) is 0 Å². The quantitative estimate of drug-likeness (QED) is 0.652. The molecule has 0 aromatic carbocycles. The number of hydrogen-bond donors (Lipinski definition) is 0. The third-order valence-electron chi connectivity index (χ3n) is 6.24. The molecular weight excluding hydrogens is 235 g/mol. The summed E-state index contributed by atoms with van der Waals surface area (Å²) in [6.07, 6.45) is 9.86. The van der Waals surface area contributed by atoms with Gasteiger partial charge in [-0.1, -0.05) is 38.5 Å². The highest BCUT2D eigenvalue weighted by Gasteiger charge is 2.54. The largest absolute Gasteiger partial charge is 0.461 e. The van der Waals surface area contributed by atoms with Crippen LogP contribution in [0.15, 0.2) is 0 Å². The first kappa shape index (κ1) is 13.9. The lowest BCUT2D eigenvalue weighted by Crippen LogP contribution is -2.41. The Morgan fingerprint density at radius 1 is 0.789 bits per heavy atom. The molecule has 0 radical (unpaired) electrons. The first-order valence-electron chi connectivity index (χ1n) is 8.25. The highest BCUT2D eigenvalue weighted by atomic mass is 16.7. The zero-order valence-electron chi connectivity index (χ0n) is 13.1. The Bertz CT molecular complexity index is 324. The summed E-state index contributed by atoms with van der Waals surface area (Å²) in [4.78, 5) is 0. The maximum Gasteiger partial charge on any atom is 0.461 e. The van der Waals surface area contributed by atoms with Crippen molar-refractivity contribution in [2.24, 2.45) is 11.8 Å². The van der Waals surface area contributed by atoms with E-state index in [0.29, 0.717) is 5.82 Å². The predicted molar refractivity (Wildman–Crippen MR) is 79.1 cm³/mol. The molecule has 2 nitrogen and oxygen atoms in total. The van der Waals surface area contributed by atoms with Gasteiger partial charge in [0, 0.05) is 0 Å². The number of hydrogen-bond acceptors (Lipinski definition) is 2. The van der Waals surface area contributed by atoms with Crippen LogP contribution in [0.25, 0.3) is 0 Å². The second-order valence-corrected chi connectivity index (χ2v) is 8.00. The summed E-state index contributed by atoms with van der Waals surface area (Å²) >= 11 is 0. The van der Waals surface area contributed by atoms with Gasteiger partial charge in [-0.15, -0.1) is 0 Å². The third kappa shape index (κ3) is 2.49. The molecule has 3 fully saturated rings. The Kier molecular flexibility index (Phi) is 3.50. The van der Waals surface area contributed by atoms with Gasteiger partial charge >= 0.3 is 7.12 Å². The van der Waals surface area contributed by atoms with Crippen molar-refractivity contribution >= 4 is 7.12 Å². The van der Waals surface area contributed by atoms with Crippen molar-refractivity contribution in [1.82, 2.24) is 0 Å². The molecule has 2 aliphatic carbocycles. The van der Waals surface area contributed by atoms with E-state index in [9.17, 15) is 0 Å². The van der Waals surface area contributed by atoms with Gasteiger partial charge in [-0.25, -0.2) is 0 Å². The summed E-state index contributed by atoms with van der Waals surface area (Å²) in [7, 11) is 0.0351. The fourth-order valence-electron chi connectivity index (χ4n) is 4.24. The molecule has 0 aromatic heterocycles. The molecule has 0 bridgehead atoms. The summed E-state index contributed by atoms with van der Waals surface area (Å²) in [6.45, 7) is 8.66. The van der Waals surface area contributed by atoms with E-state index in [0.717, 1.165) is 11.8 Å². The van der Waals surface area contributed by atoms with Crippen LogP contribution < -0.4 is 0 Å². The molecule has 108 valence electrons. The summed E-state index contributed by atoms with van der Waals surface area (Å²) in [5.41, 5.74) is -0.331. The van der Waals surface area contributed by atoms with Crippen LogP contribution in [0.4, 0.5) is 0 Å². The molecule has 0 aromatic rings. The van der Waals surface area contributed by atoms with Gasteiger partial charge in [-0.3, -0.25) is 0 Å². The zero-order valence-corrected chi connectivity index (χ0v) is 13.1. The van der Waals surface area contributed by atoms with E-state index in [4.69, 9.17) is 9.31 Å². The minimum Gasteiger partial charge on any atom is -0.403 e. The average Bonchev–Trinajstić information content (AvgIpc) is 2.58. The molecule has 0 spiro atoms. The smallest absolute Gasteiger partial charge is 0.403 e. The van der Waals surface area contributed by atoms with Gasteiger partial charge in [0.2, 0.25) is 0 Å². The van der Waals surface area contributed by atoms with E-state index in [-0.39, 0.29) is 18.3 Å². The SMILES string of the molecule is CC1(C)OB([C@@H]2CC[C@@H]3CCCC[C@@H]3C2)OC1(C)C. The van der Waals surface area contributed by atoms with E-state index in [1.165, 1.54) is 44.9 Å². The minimum atomic E-state index is -0.166. The molecule has 3 heteroatoms. The second-order valence-electron chi connectivity index (χ2n) is 8.00. The lowest BCUT2D eigenvalue weighted by molar-refractivity contribution is 0.00578. The summed E-state index contributed by atoms with van der Waals surface area (Å²) in [5, 5.41) is 0. The van der Waals surface area contributed by atoms with Crippen LogP contribution in [0.2, 0.25) is 5.82 Å². The Morgan fingerprint density at radius 3 is 2.00 bits per heavy atom. The van der Waals surface area contributed by atoms with Crippen molar-refractivity contribution < 1.29 is 9.31 Å². The van der Waals surface area contributed by atoms with Crippen molar-refractivity contribution in [1.29, 1.82) is 0 Å². The van der Waals surface area contributed by atoms with Crippen LogP contribution in [0, 0.1) is 11.8 Å². The Hall–Kier alpha value is -0.0151. The molecule has 0 N–H and O–H groups in total. The Labute approximate surface area is 118 Å². The van der Waals surface area contributed by atoms with Crippen LogP contribution in [0.3, 0.4) is 0 Å². The van der Waals surface area contributed by atoms with Crippen molar-refractivity contribution in [2.45, 2.75) is 89.7 Å². The van der Waals surface area contributed by atoms with Gasteiger partial charge in [-0.2, -0.15) is 0 Å². The molecule has 3 rings (SSSR count). The molecule has 2 saturated carbocycles. The van der Waals surface area contributed by atoms with Crippen molar-refractivity contribution in [3.63, 3.8) is 0 Å². The van der Waals surface area contributed by atoms with E-state index < -0.39 is 0 Å². The normalized spacial score (nSPS) is 41.1. The van der Waals surface area contributed by atoms with Gasteiger partial charge < -0.3 is 9.31 Å². The van der Waals surface area contributed by atoms with Crippen molar-refractivity contribution in [3.05, 3.63) is 0 Å².